The second kappa shape index (κ2) is 10.3. The number of carbonyl (C=O) groups is 1. The zero-order valence-electron chi connectivity index (χ0n) is 23.0. The number of nitrogens with one attached hydrogen (secondary N) is 2. The molecule has 3 aromatic heterocycles. The van der Waals surface area contributed by atoms with Gasteiger partial charge in [0, 0.05) is 21.9 Å². The molecule has 5 rings (SSSR count). The molecular formula is C30H32N6O3. The summed E-state index contributed by atoms with van der Waals surface area (Å²) in [6, 6.07) is 12.1. The van der Waals surface area contributed by atoms with Gasteiger partial charge in [-0.05, 0) is 55.7 Å². The first-order valence-corrected chi connectivity index (χ1v) is 13.0. The topological polar surface area (TPSA) is 119 Å². The van der Waals surface area contributed by atoms with Crippen LogP contribution in [0.2, 0.25) is 0 Å². The Hall–Kier alpha value is -4.53. The minimum absolute atomic E-state index is 0.0414. The summed E-state index contributed by atoms with van der Waals surface area (Å²) in [4.78, 5) is 29.6. The van der Waals surface area contributed by atoms with Crippen LogP contribution in [0, 0.1) is 6.92 Å². The van der Waals surface area contributed by atoms with Crippen molar-refractivity contribution in [2.45, 2.75) is 53.0 Å². The van der Waals surface area contributed by atoms with Crippen molar-refractivity contribution in [3.05, 3.63) is 77.4 Å². The number of aryl methyl sites for hydroxylation is 1. The summed E-state index contributed by atoms with van der Waals surface area (Å²) in [6.07, 6.45) is 5.21. The molecule has 3 heterocycles. The van der Waals surface area contributed by atoms with Crippen molar-refractivity contribution in [2.75, 3.05) is 6.61 Å². The molecule has 0 bridgehead atoms. The van der Waals surface area contributed by atoms with Crippen molar-refractivity contribution in [2.24, 2.45) is 0 Å². The highest BCUT2D eigenvalue weighted by molar-refractivity contribution is 6.12. The number of hydrogen-bond donors (Lipinski definition) is 2. The molecule has 2 N–H and O–H groups in total. The van der Waals surface area contributed by atoms with E-state index in [1.54, 1.807) is 12.6 Å². The zero-order chi connectivity index (χ0) is 27.7. The number of nitrogens with zero attached hydrogens (tertiary/aromatic N) is 4. The quantitative estimate of drug-likeness (QED) is 0.241. The molecule has 5 aromatic rings. The SMILES string of the molecule is CCO/C=C/c1ccc2c(c1)[nH]c1ncnc(-c3ccc([C@@H](C)NC(=O)c4nc(C(C)(C)C)no4)c(C)c3)c12. The molecule has 0 aliphatic carbocycles. The summed E-state index contributed by atoms with van der Waals surface area (Å²) in [5, 5.41) is 8.93. The van der Waals surface area contributed by atoms with Crippen LogP contribution in [0.25, 0.3) is 39.3 Å². The molecule has 200 valence electrons. The number of H-pyrrole nitrogens is 1. The van der Waals surface area contributed by atoms with E-state index in [4.69, 9.17) is 9.26 Å². The zero-order valence-corrected chi connectivity index (χ0v) is 23.0. The van der Waals surface area contributed by atoms with E-state index in [9.17, 15) is 4.79 Å². The standard InChI is InChI=1S/C30H32N6O3/c1-7-38-13-12-19-8-10-22-23(15-19)34-26-24(22)25(31-16-32-26)20-9-11-21(17(2)14-20)18(3)33-27(37)28-35-29(36-39-28)30(4,5)6/h8-16,18H,7H2,1-6H3,(H,33,37)(H,31,32,34)/b13-12+/t18-/m1/s1. The molecule has 0 saturated heterocycles. The molecule has 0 radical (unpaired) electrons. The summed E-state index contributed by atoms with van der Waals surface area (Å²) in [7, 11) is 0. The van der Waals surface area contributed by atoms with E-state index in [2.05, 4.69) is 54.7 Å². The van der Waals surface area contributed by atoms with Gasteiger partial charge in [0.15, 0.2) is 5.82 Å². The number of carbonyl (C=O) groups excluding carboxylic acids is 1. The van der Waals surface area contributed by atoms with Gasteiger partial charge in [-0.3, -0.25) is 4.79 Å². The van der Waals surface area contributed by atoms with Crippen LogP contribution in [-0.2, 0) is 10.2 Å². The van der Waals surface area contributed by atoms with Crippen molar-refractivity contribution < 1.29 is 14.1 Å². The number of fused-ring (bicyclic) bond motifs is 3. The lowest BCUT2D eigenvalue weighted by Crippen LogP contribution is -2.27. The third-order valence-electron chi connectivity index (χ3n) is 6.59. The van der Waals surface area contributed by atoms with Gasteiger partial charge < -0.3 is 19.6 Å². The minimum Gasteiger partial charge on any atom is -0.501 e. The van der Waals surface area contributed by atoms with Crippen LogP contribution in [0.4, 0.5) is 0 Å². The van der Waals surface area contributed by atoms with E-state index in [-0.39, 0.29) is 17.3 Å². The molecule has 39 heavy (non-hydrogen) atoms. The summed E-state index contributed by atoms with van der Waals surface area (Å²) in [6.45, 7) is 12.4. The van der Waals surface area contributed by atoms with Crippen LogP contribution >= 0.6 is 0 Å². The van der Waals surface area contributed by atoms with E-state index in [1.807, 2.05) is 59.8 Å². The third kappa shape index (κ3) is 5.25. The van der Waals surface area contributed by atoms with Gasteiger partial charge in [0.05, 0.1) is 30.0 Å². The van der Waals surface area contributed by atoms with Crippen LogP contribution < -0.4 is 5.32 Å². The Labute approximate surface area is 226 Å². The van der Waals surface area contributed by atoms with E-state index < -0.39 is 5.91 Å². The number of aromatic amines is 1. The Kier molecular flexibility index (Phi) is 6.91. The fraction of sp³-hybridized carbons (Fsp3) is 0.300. The number of benzene rings is 2. The Morgan fingerprint density at radius 2 is 2.00 bits per heavy atom. The fourth-order valence-corrected chi connectivity index (χ4v) is 4.56. The van der Waals surface area contributed by atoms with E-state index in [1.165, 1.54) is 0 Å². The van der Waals surface area contributed by atoms with Crippen LogP contribution in [0.3, 0.4) is 0 Å². The highest BCUT2D eigenvalue weighted by atomic mass is 16.5. The first kappa shape index (κ1) is 26.1. The van der Waals surface area contributed by atoms with Gasteiger partial charge in [-0.1, -0.05) is 50.2 Å². The van der Waals surface area contributed by atoms with E-state index in [0.717, 1.165) is 49.9 Å². The van der Waals surface area contributed by atoms with Crippen molar-refractivity contribution >= 4 is 33.9 Å². The molecule has 9 heteroatoms. The maximum Gasteiger partial charge on any atom is 0.315 e. The number of rotatable bonds is 7. The summed E-state index contributed by atoms with van der Waals surface area (Å²) in [5.41, 5.74) is 6.30. The Morgan fingerprint density at radius 3 is 2.72 bits per heavy atom. The normalized spacial score (nSPS) is 12.9. The van der Waals surface area contributed by atoms with Crippen molar-refractivity contribution in [3.63, 3.8) is 0 Å². The molecule has 0 aliphatic rings. The average molecular weight is 525 g/mol. The fourth-order valence-electron chi connectivity index (χ4n) is 4.56. The highest BCUT2D eigenvalue weighted by Crippen LogP contribution is 2.34. The van der Waals surface area contributed by atoms with Crippen molar-refractivity contribution in [1.82, 2.24) is 30.4 Å². The smallest absolute Gasteiger partial charge is 0.315 e. The molecule has 1 atom stereocenters. The van der Waals surface area contributed by atoms with Crippen molar-refractivity contribution in [1.29, 1.82) is 0 Å². The van der Waals surface area contributed by atoms with Gasteiger partial charge in [-0.2, -0.15) is 4.98 Å². The van der Waals surface area contributed by atoms with Gasteiger partial charge in [-0.25, -0.2) is 9.97 Å². The van der Waals surface area contributed by atoms with Crippen LogP contribution in [0.1, 0.15) is 73.9 Å². The monoisotopic (exact) mass is 524 g/mol. The predicted octanol–water partition coefficient (Wildman–Crippen LogP) is 6.27. The average Bonchev–Trinajstić information content (AvgIpc) is 3.54. The molecule has 1 amide bonds. The van der Waals surface area contributed by atoms with Gasteiger partial charge in [-0.15, -0.1) is 0 Å². The van der Waals surface area contributed by atoms with Gasteiger partial charge in [0.25, 0.3) is 0 Å². The highest BCUT2D eigenvalue weighted by Gasteiger charge is 2.25. The molecule has 2 aromatic carbocycles. The lowest BCUT2D eigenvalue weighted by molar-refractivity contribution is 0.0895. The summed E-state index contributed by atoms with van der Waals surface area (Å²) >= 11 is 0. The largest absolute Gasteiger partial charge is 0.501 e. The molecule has 0 spiro atoms. The Morgan fingerprint density at radius 1 is 1.18 bits per heavy atom. The number of hydrogen-bond acceptors (Lipinski definition) is 7. The van der Waals surface area contributed by atoms with Crippen molar-refractivity contribution in [3.8, 4) is 11.3 Å². The lowest BCUT2D eigenvalue weighted by atomic mass is 9.96. The third-order valence-corrected chi connectivity index (χ3v) is 6.59. The molecule has 0 fully saturated rings. The van der Waals surface area contributed by atoms with Crippen LogP contribution in [-0.4, -0.2) is 37.6 Å². The van der Waals surface area contributed by atoms with Crippen LogP contribution in [0.5, 0.6) is 0 Å². The van der Waals surface area contributed by atoms with Gasteiger partial charge in [0.2, 0.25) is 0 Å². The lowest BCUT2D eigenvalue weighted by Gasteiger charge is -2.16. The molecule has 0 saturated carbocycles. The number of ether oxygens (including phenoxy) is 1. The summed E-state index contributed by atoms with van der Waals surface area (Å²) in [5.74, 6) is 0.0496. The second-order valence-electron chi connectivity index (χ2n) is 10.6. The molecule has 9 nitrogen and oxygen atoms in total. The summed E-state index contributed by atoms with van der Waals surface area (Å²) < 4.78 is 10.5. The van der Waals surface area contributed by atoms with Gasteiger partial charge >= 0.3 is 11.8 Å². The molecular weight excluding hydrogens is 492 g/mol. The second-order valence-corrected chi connectivity index (χ2v) is 10.6. The first-order chi connectivity index (χ1) is 18.7. The van der Waals surface area contributed by atoms with E-state index >= 15 is 0 Å². The Balaban J connectivity index is 1.42. The number of amides is 1. The first-order valence-electron chi connectivity index (χ1n) is 13.0. The van der Waals surface area contributed by atoms with E-state index in [0.29, 0.717) is 12.4 Å². The number of aromatic nitrogens is 5. The maximum atomic E-state index is 12.8. The molecule has 0 aliphatic heterocycles. The molecule has 0 unspecified atom stereocenters. The van der Waals surface area contributed by atoms with Gasteiger partial charge in [0.1, 0.15) is 12.0 Å². The maximum absolute atomic E-state index is 12.8. The minimum atomic E-state index is -0.402. The Bertz CT molecular complexity index is 1690. The van der Waals surface area contributed by atoms with Crippen LogP contribution in [0.15, 0.2) is 53.5 Å². The predicted molar refractivity (Wildman–Crippen MR) is 151 cm³/mol.